The SMILES string of the molecule is C=CS(=O)(=O)c1c[nH]c2ncnc(OCCc3ccccc3)c12. The molecule has 3 aromatic rings. The highest BCUT2D eigenvalue weighted by atomic mass is 32.2. The lowest BCUT2D eigenvalue weighted by Crippen LogP contribution is -2.04. The van der Waals surface area contributed by atoms with Crippen LogP contribution in [0.2, 0.25) is 0 Å². The maximum absolute atomic E-state index is 12.1. The molecule has 0 amide bonds. The zero-order chi connectivity index (χ0) is 16.3. The van der Waals surface area contributed by atoms with E-state index in [1.165, 1.54) is 12.5 Å². The molecule has 0 radical (unpaired) electrons. The van der Waals surface area contributed by atoms with Gasteiger partial charge < -0.3 is 9.72 Å². The Morgan fingerprint density at radius 1 is 1.22 bits per heavy atom. The predicted octanol–water partition coefficient (Wildman–Crippen LogP) is 2.50. The second kappa shape index (κ2) is 6.21. The van der Waals surface area contributed by atoms with E-state index >= 15 is 0 Å². The molecule has 2 aromatic heterocycles. The first-order valence-electron chi connectivity index (χ1n) is 6.98. The van der Waals surface area contributed by atoms with E-state index in [-0.39, 0.29) is 10.8 Å². The molecule has 0 saturated heterocycles. The summed E-state index contributed by atoms with van der Waals surface area (Å²) in [7, 11) is -3.61. The van der Waals surface area contributed by atoms with Crippen molar-refractivity contribution in [3.05, 3.63) is 60.4 Å². The molecule has 23 heavy (non-hydrogen) atoms. The van der Waals surface area contributed by atoms with Gasteiger partial charge in [-0.2, -0.15) is 0 Å². The zero-order valence-electron chi connectivity index (χ0n) is 12.3. The number of aromatic nitrogens is 3. The lowest BCUT2D eigenvalue weighted by Gasteiger charge is -2.07. The minimum absolute atomic E-state index is 0.0674. The quantitative estimate of drug-likeness (QED) is 0.751. The maximum Gasteiger partial charge on any atom is 0.227 e. The Hall–Kier alpha value is -2.67. The molecule has 0 unspecified atom stereocenters. The van der Waals surface area contributed by atoms with Gasteiger partial charge in [0.05, 0.1) is 12.0 Å². The first-order valence-corrected chi connectivity index (χ1v) is 8.53. The van der Waals surface area contributed by atoms with Gasteiger partial charge >= 0.3 is 0 Å². The first-order chi connectivity index (χ1) is 11.1. The van der Waals surface area contributed by atoms with Crippen LogP contribution < -0.4 is 4.74 Å². The second-order valence-electron chi connectivity index (χ2n) is 4.85. The molecule has 118 valence electrons. The van der Waals surface area contributed by atoms with E-state index in [0.29, 0.717) is 24.1 Å². The van der Waals surface area contributed by atoms with Crippen molar-refractivity contribution < 1.29 is 13.2 Å². The molecule has 7 heteroatoms. The largest absolute Gasteiger partial charge is 0.477 e. The summed E-state index contributed by atoms with van der Waals surface area (Å²) < 4.78 is 29.8. The van der Waals surface area contributed by atoms with Crippen molar-refractivity contribution in [2.75, 3.05) is 6.61 Å². The number of rotatable bonds is 6. The Balaban J connectivity index is 1.89. The van der Waals surface area contributed by atoms with Crippen molar-refractivity contribution in [1.29, 1.82) is 0 Å². The molecule has 0 aliphatic heterocycles. The van der Waals surface area contributed by atoms with Crippen LogP contribution in [0.4, 0.5) is 0 Å². The molecule has 0 aliphatic rings. The van der Waals surface area contributed by atoms with Gasteiger partial charge in [0.25, 0.3) is 0 Å². The Morgan fingerprint density at radius 3 is 2.74 bits per heavy atom. The third-order valence-corrected chi connectivity index (χ3v) is 4.77. The van der Waals surface area contributed by atoms with Crippen molar-refractivity contribution in [2.24, 2.45) is 0 Å². The second-order valence-corrected chi connectivity index (χ2v) is 6.71. The maximum atomic E-state index is 12.1. The summed E-state index contributed by atoms with van der Waals surface area (Å²) >= 11 is 0. The standard InChI is InChI=1S/C16H15N3O3S/c1-2-23(20,21)13-10-17-15-14(13)16(19-11-18-15)22-9-8-12-6-4-3-5-7-12/h2-7,10-11H,1,8-9H2,(H,17,18,19). The molecule has 1 aromatic carbocycles. The third kappa shape index (κ3) is 3.09. The Kier molecular flexibility index (Phi) is 4.12. The van der Waals surface area contributed by atoms with Gasteiger partial charge in [0, 0.05) is 18.0 Å². The van der Waals surface area contributed by atoms with E-state index in [4.69, 9.17) is 4.74 Å². The predicted molar refractivity (Wildman–Crippen MR) is 86.9 cm³/mol. The Bertz CT molecular complexity index is 934. The van der Waals surface area contributed by atoms with E-state index in [9.17, 15) is 8.42 Å². The fourth-order valence-corrected chi connectivity index (χ4v) is 3.11. The van der Waals surface area contributed by atoms with Crippen molar-refractivity contribution >= 4 is 20.9 Å². The average molecular weight is 329 g/mol. The number of fused-ring (bicyclic) bond motifs is 1. The molecule has 0 bridgehead atoms. The van der Waals surface area contributed by atoms with Gasteiger partial charge in [0.1, 0.15) is 16.9 Å². The Labute approximate surface area is 133 Å². The number of hydrogen-bond donors (Lipinski definition) is 1. The van der Waals surface area contributed by atoms with Gasteiger partial charge in [-0.15, -0.1) is 0 Å². The number of aromatic amines is 1. The smallest absolute Gasteiger partial charge is 0.227 e. The van der Waals surface area contributed by atoms with Gasteiger partial charge in [-0.05, 0) is 5.56 Å². The van der Waals surface area contributed by atoms with Gasteiger partial charge in [-0.1, -0.05) is 36.9 Å². The molecule has 0 aliphatic carbocycles. The number of hydrogen-bond acceptors (Lipinski definition) is 5. The lowest BCUT2D eigenvalue weighted by molar-refractivity contribution is 0.313. The molecule has 0 saturated carbocycles. The van der Waals surface area contributed by atoms with Crippen LogP contribution in [0.15, 0.2) is 59.7 Å². The topological polar surface area (TPSA) is 84.9 Å². The summed E-state index contributed by atoms with van der Waals surface area (Å²) in [5.41, 5.74) is 1.54. The summed E-state index contributed by atoms with van der Waals surface area (Å²) in [6.45, 7) is 3.73. The van der Waals surface area contributed by atoms with Gasteiger partial charge in [0.15, 0.2) is 0 Å². The monoisotopic (exact) mass is 329 g/mol. The van der Waals surface area contributed by atoms with Crippen LogP contribution in [0, 0.1) is 0 Å². The molecule has 3 rings (SSSR count). The fraction of sp³-hybridized carbons (Fsp3) is 0.125. The van der Waals surface area contributed by atoms with E-state index in [1.807, 2.05) is 30.3 Å². The molecular formula is C16H15N3O3S. The fourth-order valence-electron chi connectivity index (χ4n) is 2.24. The van der Waals surface area contributed by atoms with E-state index in [0.717, 1.165) is 11.0 Å². The number of sulfone groups is 1. The molecule has 2 heterocycles. The minimum Gasteiger partial charge on any atom is -0.477 e. The van der Waals surface area contributed by atoms with E-state index in [1.54, 1.807) is 0 Å². The summed E-state index contributed by atoms with van der Waals surface area (Å²) in [5, 5.41) is 1.25. The highest BCUT2D eigenvalue weighted by Gasteiger charge is 2.20. The highest BCUT2D eigenvalue weighted by Crippen LogP contribution is 2.29. The van der Waals surface area contributed by atoms with E-state index in [2.05, 4.69) is 21.5 Å². The summed E-state index contributed by atoms with van der Waals surface area (Å²) in [5.74, 6) is 0.243. The summed E-state index contributed by atoms with van der Waals surface area (Å²) in [6.07, 6.45) is 3.40. The van der Waals surface area contributed by atoms with Gasteiger partial charge in [-0.3, -0.25) is 0 Å². The van der Waals surface area contributed by atoms with Crippen LogP contribution in [0.1, 0.15) is 5.56 Å². The summed E-state index contributed by atoms with van der Waals surface area (Å²) in [4.78, 5) is 11.0. The van der Waals surface area contributed by atoms with Crippen LogP contribution in [0.25, 0.3) is 11.0 Å². The number of H-pyrrole nitrogens is 1. The number of ether oxygens (including phenoxy) is 1. The number of nitrogens with one attached hydrogen (secondary N) is 1. The van der Waals surface area contributed by atoms with Crippen LogP contribution in [0.3, 0.4) is 0 Å². The number of benzene rings is 1. The van der Waals surface area contributed by atoms with Crippen LogP contribution in [-0.4, -0.2) is 30.0 Å². The Morgan fingerprint density at radius 2 is 2.00 bits per heavy atom. The summed E-state index contributed by atoms with van der Waals surface area (Å²) in [6, 6.07) is 9.87. The minimum atomic E-state index is -3.61. The third-order valence-electron chi connectivity index (χ3n) is 3.40. The van der Waals surface area contributed by atoms with Crippen molar-refractivity contribution in [2.45, 2.75) is 11.3 Å². The molecule has 6 nitrogen and oxygen atoms in total. The molecule has 0 fully saturated rings. The van der Waals surface area contributed by atoms with Crippen molar-refractivity contribution in [1.82, 2.24) is 15.0 Å². The zero-order valence-corrected chi connectivity index (χ0v) is 13.1. The van der Waals surface area contributed by atoms with Crippen LogP contribution >= 0.6 is 0 Å². The lowest BCUT2D eigenvalue weighted by atomic mass is 10.2. The van der Waals surface area contributed by atoms with Crippen LogP contribution in [0.5, 0.6) is 5.88 Å². The molecule has 0 spiro atoms. The molecular weight excluding hydrogens is 314 g/mol. The first kappa shape index (κ1) is 15.2. The van der Waals surface area contributed by atoms with E-state index < -0.39 is 9.84 Å². The van der Waals surface area contributed by atoms with Gasteiger partial charge in [-0.25, -0.2) is 18.4 Å². The number of nitrogens with zero attached hydrogens (tertiary/aromatic N) is 2. The molecule has 0 atom stereocenters. The average Bonchev–Trinajstić information content (AvgIpc) is 3.02. The highest BCUT2D eigenvalue weighted by molar-refractivity contribution is 7.94. The van der Waals surface area contributed by atoms with Gasteiger partial charge in [0.2, 0.25) is 15.7 Å². The normalized spacial score (nSPS) is 11.5. The van der Waals surface area contributed by atoms with Crippen molar-refractivity contribution in [3.8, 4) is 5.88 Å². The van der Waals surface area contributed by atoms with Crippen molar-refractivity contribution in [3.63, 3.8) is 0 Å². The van der Waals surface area contributed by atoms with Crippen LogP contribution in [-0.2, 0) is 16.3 Å². The molecule has 1 N–H and O–H groups in total.